The summed E-state index contributed by atoms with van der Waals surface area (Å²) in [6.45, 7) is 9.20. The van der Waals surface area contributed by atoms with Gasteiger partial charge in [0.15, 0.2) is 5.96 Å². The number of guanidine groups is 1. The molecule has 27 heavy (non-hydrogen) atoms. The van der Waals surface area contributed by atoms with Crippen molar-refractivity contribution in [3.8, 4) is 0 Å². The third-order valence-electron chi connectivity index (χ3n) is 3.37. The SMILES string of the molecule is CCNC(=NCC(=O)Nc1cccnc1)NCc1ncc(C(C)(C)C)o1.I. The van der Waals surface area contributed by atoms with Crippen LogP contribution in [-0.4, -0.2) is 34.9 Å². The highest BCUT2D eigenvalue weighted by molar-refractivity contribution is 14.0. The van der Waals surface area contributed by atoms with Crippen LogP contribution in [0.3, 0.4) is 0 Å². The van der Waals surface area contributed by atoms with Crippen LogP contribution < -0.4 is 16.0 Å². The zero-order chi connectivity index (χ0) is 19.0. The van der Waals surface area contributed by atoms with Crippen LogP contribution in [0.1, 0.15) is 39.3 Å². The molecule has 0 atom stereocenters. The first-order valence-electron chi connectivity index (χ1n) is 8.55. The van der Waals surface area contributed by atoms with Crippen molar-refractivity contribution in [1.29, 1.82) is 0 Å². The predicted molar refractivity (Wildman–Crippen MR) is 116 cm³/mol. The van der Waals surface area contributed by atoms with Gasteiger partial charge in [-0.1, -0.05) is 20.8 Å². The molecule has 0 aliphatic heterocycles. The molecular formula is C18H27IN6O2. The Kier molecular flexibility index (Phi) is 9.19. The van der Waals surface area contributed by atoms with E-state index in [1.54, 1.807) is 30.7 Å². The molecular weight excluding hydrogens is 459 g/mol. The van der Waals surface area contributed by atoms with Gasteiger partial charge >= 0.3 is 0 Å². The summed E-state index contributed by atoms with van der Waals surface area (Å²) < 4.78 is 5.74. The number of pyridine rings is 1. The Morgan fingerprint density at radius 3 is 2.63 bits per heavy atom. The number of anilines is 1. The van der Waals surface area contributed by atoms with Crippen molar-refractivity contribution in [2.75, 3.05) is 18.4 Å². The van der Waals surface area contributed by atoms with E-state index in [0.29, 0.717) is 30.6 Å². The fourth-order valence-electron chi connectivity index (χ4n) is 2.03. The van der Waals surface area contributed by atoms with Gasteiger partial charge in [-0.3, -0.25) is 9.78 Å². The highest BCUT2D eigenvalue weighted by Gasteiger charge is 2.19. The van der Waals surface area contributed by atoms with E-state index in [4.69, 9.17) is 4.42 Å². The monoisotopic (exact) mass is 486 g/mol. The Labute approximate surface area is 176 Å². The van der Waals surface area contributed by atoms with Gasteiger partial charge < -0.3 is 20.4 Å². The van der Waals surface area contributed by atoms with Gasteiger partial charge in [0.1, 0.15) is 12.3 Å². The molecule has 148 valence electrons. The number of hydrogen-bond acceptors (Lipinski definition) is 5. The van der Waals surface area contributed by atoms with E-state index < -0.39 is 0 Å². The van der Waals surface area contributed by atoms with Crippen molar-refractivity contribution in [3.05, 3.63) is 42.4 Å². The lowest BCUT2D eigenvalue weighted by molar-refractivity contribution is -0.114. The number of hydrogen-bond donors (Lipinski definition) is 3. The number of oxazole rings is 1. The number of carbonyl (C=O) groups is 1. The quantitative estimate of drug-likeness (QED) is 0.330. The Morgan fingerprint density at radius 2 is 2.04 bits per heavy atom. The molecule has 0 aliphatic rings. The van der Waals surface area contributed by atoms with Gasteiger partial charge in [0, 0.05) is 18.2 Å². The van der Waals surface area contributed by atoms with Gasteiger partial charge in [-0.05, 0) is 19.1 Å². The molecule has 0 unspecified atom stereocenters. The summed E-state index contributed by atoms with van der Waals surface area (Å²) in [6, 6.07) is 3.53. The number of rotatable bonds is 6. The molecule has 0 aromatic carbocycles. The molecule has 1 amide bonds. The summed E-state index contributed by atoms with van der Waals surface area (Å²) in [6.07, 6.45) is 4.97. The molecule has 2 rings (SSSR count). The van der Waals surface area contributed by atoms with Crippen molar-refractivity contribution in [3.63, 3.8) is 0 Å². The first-order chi connectivity index (χ1) is 12.4. The van der Waals surface area contributed by atoms with E-state index in [2.05, 4.69) is 51.7 Å². The standard InChI is InChI=1S/C18H26N6O2.HI/c1-5-20-17(22-11-15(25)24-13-7-6-8-19-9-13)23-12-16-21-10-14(26-16)18(2,3)4;/h6-10H,5,11-12H2,1-4H3,(H,24,25)(H2,20,22,23);1H. The Hall–Kier alpha value is -2.17. The van der Waals surface area contributed by atoms with Crippen LogP contribution in [0, 0.1) is 0 Å². The van der Waals surface area contributed by atoms with E-state index in [9.17, 15) is 4.79 Å². The maximum Gasteiger partial charge on any atom is 0.246 e. The minimum absolute atomic E-state index is 0. The lowest BCUT2D eigenvalue weighted by Crippen LogP contribution is -2.37. The summed E-state index contributed by atoms with van der Waals surface area (Å²) in [5.41, 5.74) is 0.550. The minimum atomic E-state index is -0.221. The zero-order valence-corrected chi connectivity index (χ0v) is 18.4. The normalized spacial score (nSPS) is 11.5. The Bertz CT molecular complexity index is 740. The second kappa shape index (κ2) is 10.9. The van der Waals surface area contributed by atoms with Crippen LogP contribution in [0.25, 0.3) is 0 Å². The van der Waals surface area contributed by atoms with Gasteiger partial charge in [0.2, 0.25) is 11.8 Å². The molecule has 0 spiro atoms. The van der Waals surface area contributed by atoms with Gasteiger partial charge in [-0.25, -0.2) is 9.98 Å². The van der Waals surface area contributed by atoms with Gasteiger partial charge in [-0.2, -0.15) is 0 Å². The third kappa shape index (κ3) is 7.94. The van der Waals surface area contributed by atoms with Crippen LogP contribution in [0.5, 0.6) is 0 Å². The summed E-state index contributed by atoms with van der Waals surface area (Å²) in [5.74, 6) is 1.69. The lowest BCUT2D eigenvalue weighted by atomic mass is 9.94. The van der Waals surface area contributed by atoms with Crippen molar-refractivity contribution in [1.82, 2.24) is 20.6 Å². The number of nitrogens with zero attached hydrogens (tertiary/aromatic N) is 3. The molecule has 0 radical (unpaired) electrons. The highest BCUT2D eigenvalue weighted by Crippen LogP contribution is 2.22. The lowest BCUT2D eigenvalue weighted by Gasteiger charge is -2.13. The number of aliphatic imine (C=N–C) groups is 1. The maximum absolute atomic E-state index is 12.0. The van der Waals surface area contributed by atoms with E-state index in [1.807, 2.05) is 6.92 Å². The van der Waals surface area contributed by atoms with Crippen LogP contribution in [0.2, 0.25) is 0 Å². The molecule has 0 bridgehead atoms. The second-order valence-electron chi connectivity index (χ2n) is 6.71. The molecule has 0 saturated carbocycles. The molecule has 8 nitrogen and oxygen atoms in total. The number of amides is 1. The summed E-state index contributed by atoms with van der Waals surface area (Å²) >= 11 is 0. The molecule has 3 N–H and O–H groups in total. The summed E-state index contributed by atoms with van der Waals surface area (Å²) in [7, 11) is 0. The van der Waals surface area contributed by atoms with E-state index in [0.717, 1.165) is 5.76 Å². The van der Waals surface area contributed by atoms with Gasteiger partial charge in [0.25, 0.3) is 0 Å². The fourth-order valence-corrected chi connectivity index (χ4v) is 2.03. The van der Waals surface area contributed by atoms with E-state index >= 15 is 0 Å². The zero-order valence-electron chi connectivity index (χ0n) is 16.1. The number of halogens is 1. The largest absolute Gasteiger partial charge is 0.443 e. The van der Waals surface area contributed by atoms with Crippen LogP contribution in [0.4, 0.5) is 5.69 Å². The molecule has 0 aliphatic carbocycles. The second-order valence-corrected chi connectivity index (χ2v) is 6.71. The first-order valence-corrected chi connectivity index (χ1v) is 8.55. The molecule has 9 heteroatoms. The van der Waals surface area contributed by atoms with Gasteiger partial charge in [-0.15, -0.1) is 24.0 Å². The molecule has 0 fully saturated rings. The van der Waals surface area contributed by atoms with Crippen LogP contribution in [-0.2, 0) is 16.8 Å². The molecule has 2 heterocycles. The summed E-state index contributed by atoms with van der Waals surface area (Å²) in [4.78, 5) is 24.5. The minimum Gasteiger partial charge on any atom is -0.443 e. The molecule has 2 aromatic heterocycles. The summed E-state index contributed by atoms with van der Waals surface area (Å²) in [5, 5.41) is 8.94. The maximum atomic E-state index is 12.0. The number of carbonyl (C=O) groups excluding carboxylic acids is 1. The Morgan fingerprint density at radius 1 is 1.26 bits per heavy atom. The number of aromatic nitrogens is 2. The molecule has 0 saturated heterocycles. The van der Waals surface area contributed by atoms with E-state index in [1.165, 1.54) is 0 Å². The van der Waals surface area contributed by atoms with Crippen molar-refractivity contribution < 1.29 is 9.21 Å². The van der Waals surface area contributed by atoms with Crippen molar-refractivity contribution in [2.45, 2.75) is 39.7 Å². The van der Waals surface area contributed by atoms with Crippen molar-refractivity contribution in [2.24, 2.45) is 4.99 Å². The predicted octanol–water partition coefficient (Wildman–Crippen LogP) is 2.68. The van der Waals surface area contributed by atoms with Crippen LogP contribution in [0.15, 0.2) is 40.1 Å². The van der Waals surface area contributed by atoms with Crippen molar-refractivity contribution >= 4 is 41.5 Å². The van der Waals surface area contributed by atoms with Gasteiger partial charge in [0.05, 0.1) is 24.6 Å². The third-order valence-corrected chi connectivity index (χ3v) is 3.37. The average molecular weight is 486 g/mol. The Balaban J connectivity index is 0.00000364. The topological polar surface area (TPSA) is 104 Å². The molecule has 2 aromatic rings. The fraction of sp³-hybridized carbons (Fsp3) is 0.444. The smallest absolute Gasteiger partial charge is 0.246 e. The van der Waals surface area contributed by atoms with Crippen LogP contribution >= 0.6 is 24.0 Å². The first kappa shape index (κ1) is 22.9. The average Bonchev–Trinajstić information content (AvgIpc) is 3.08. The van der Waals surface area contributed by atoms with E-state index in [-0.39, 0.29) is 41.8 Å². The number of nitrogens with one attached hydrogen (secondary N) is 3. The highest BCUT2D eigenvalue weighted by atomic mass is 127.